The second kappa shape index (κ2) is 8.14. The molecule has 1 saturated heterocycles. The summed E-state index contributed by atoms with van der Waals surface area (Å²) in [7, 11) is 3.95. The van der Waals surface area contributed by atoms with Gasteiger partial charge in [-0.3, -0.25) is 10.1 Å². The summed E-state index contributed by atoms with van der Waals surface area (Å²) in [6, 6.07) is 3.66. The highest BCUT2D eigenvalue weighted by Crippen LogP contribution is 2.20. The molecule has 1 aliphatic rings. The maximum Gasteiger partial charge on any atom is 0.322 e. The fourth-order valence-electron chi connectivity index (χ4n) is 2.46. The van der Waals surface area contributed by atoms with Gasteiger partial charge in [-0.25, -0.2) is 4.79 Å². The molecule has 0 aromatic carbocycles. The molecule has 3 amide bonds. The van der Waals surface area contributed by atoms with Gasteiger partial charge in [-0.2, -0.15) is 0 Å². The fourth-order valence-corrected chi connectivity index (χ4v) is 3.06. The van der Waals surface area contributed by atoms with Crippen molar-refractivity contribution in [2.24, 2.45) is 5.92 Å². The molecule has 0 spiro atoms. The van der Waals surface area contributed by atoms with E-state index in [1.165, 1.54) is 11.3 Å². The molecule has 22 heavy (non-hydrogen) atoms. The van der Waals surface area contributed by atoms with Gasteiger partial charge in [-0.15, -0.1) is 11.3 Å². The van der Waals surface area contributed by atoms with Crippen molar-refractivity contribution >= 4 is 28.3 Å². The van der Waals surface area contributed by atoms with E-state index in [0.29, 0.717) is 19.6 Å². The number of likely N-dealkylation sites (N-methyl/N-ethyl adjacent to an activating group) is 1. The zero-order chi connectivity index (χ0) is 15.9. The third-order valence-electron chi connectivity index (χ3n) is 3.69. The Bertz CT molecular complexity index is 490. The van der Waals surface area contributed by atoms with Gasteiger partial charge in [-0.05, 0) is 44.4 Å². The standard InChI is InChI=1S/C15H24N4O2S/c1-18(2)9-7-16-14(20)12-5-3-8-19(11-12)15(21)17-13-6-4-10-22-13/h4,6,10,12H,3,5,7-9,11H2,1-2H3,(H,16,20)(H,17,21). The lowest BCUT2D eigenvalue weighted by molar-refractivity contribution is -0.126. The summed E-state index contributed by atoms with van der Waals surface area (Å²) < 4.78 is 0. The van der Waals surface area contributed by atoms with Crippen LogP contribution >= 0.6 is 11.3 Å². The number of amides is 3. The second-order valence-corrected chi connectivity index (χ2v) is 6.73. The van der Waals surface area contributed by atoms with Crippen molar-refractivity contribution in [3.63, 3.8) is 0 Å². The normalized spacial score (nSPS) is 18.3. The molecule has 7 heteroatoms. The summed E-state index contributed by atoms with van der Waals surface area (Å²) in [5, 5.41) is 8.59. The molecular weight excluding hydrogens is 300 g/mol. The number of urea groups is 1. The van der Waals surface area contributed by atoms with E-state index in [9.17, 15) is 9.59 Å². The molecule has 122 valence electrons. The SMILES string of the molecule is CN(C)CCNC(=O)C1CCCN(C(=O)Nc2cccs2)C1. The van der Waals surface area contributed by atoms with E-state index in [4.69, 9.17) is 0 Å². The van der Waals surface area contributed by atoms with Gasteiger partial charge >= 0.3 is 6.03 Å². The van der Waals surface area contributed by atoms with Crippen molar-refractivity contribution in [1.82, 2.24) is 15.1 Å². The van der Waals surface area contributed by atoms with Crippen molar-refractivity contribution < 1.29 is 9.59 Å². The van der Waals surface area contributed by atoms with E-state index in [1.807, 2.05) is 36.5 Å². The maximum atomic E-state index is 12.2. The highest BCUT2D eigenvalue weighted by Gasteiger charge is 2.28. The van der Waals surface area contributed by atoms with Crippen molar-refractivity contribution in [1.29, 1.82) is 0 Å². The molecule has 1 aromatic rings. The first-order valence-corrected chi connectivity index (χ1v) is 8.46. The maximum absolute atomic E-state index is 12.2. The zero-order valence-electron chi connectivity index (χ0n) is 13.2. The number of carbonyl (C=O) groups is 2. The monoisotopic (exact) mass is 324 g/mol. The predicted molar refractivity (Wildman–Crippen MR) is 89.2 cm³/mol. The Morgan fingerprint density at radius 2 is 2.27 bits per heavy atom. The number of hydrogen-bond acceptors (Lipinski definition) is 4. The average Bonchev–Trinajstić information content (AvgIpc) is 3.00. The van der Waals surface area contributed by atoms with Crippen LogP contribution in [0.3, 0.4) is 0 Å². The minimum absolute atomic E-state index is 0.0514. The van der Waals surface area contributed by atoms with E-state index in [0.717, 1.165) is 24.4 Å². The van der Waals surface area contributed by atoms with Gasteiger partial charge in [-0.1, -0.05) is 0 Å². The molecule has 0 aliphatic carbocycles. The van der Waals surface area contributed by atoms with E-state index < -0.39 is 0 Å². The van der Waals surface area contributed by atoms with E-state index >= 15 is 0 Å². The summed E-state index contributed by atoms with van der Waals surface area (Å²) in [6.07, 6.45) is 1.71. The summed E-state index contributed by atoms with van der Waals surface area (Å²) in [6.45, 7) is 2.66. The Morgan fingerprint density at radius 3 is 2.95 bits per heavy atom. The number of likely N-dealkylation sites (tertiary alicyclic amines) is 1. The zero-order valence-corrected chi connectivity index (χ0v) is 14.0. The van der Waals surface area contributed by atoms with Crippen LogP contribution in [0.4, 0.5) is 9.80 Å². The Balaban J connectivity index is 1.80. The lowest BCUT2D eigenvalue weighted by Gasteiger charge is -2.32. The van der Waals surface area contributed by atoms with E-state index in [1.54, 1.807) is 4.90 Å². The lowest BCUT2D eigenvalue weighted by atomic mass is 9.97. The summed E-state index contributed by atoms with van der Waals surface area (Å²) in [4.78, 5) is 28.2. The molecule has 1 aromatic heterocycles. The first-order valence-electron chi connectivity index (χ1n) is 7.58. The molecular formula is C15H24N4O2S. The molecule has 0 saturated carbocycles. The fraction of sp³-hybridized carbons (Fsp3) is 0.600. The van der Waals surface area contributed by atoms with E-state index in [-0.39, 0.29) is 17.9 Å². The number of thiophene rings is 1. The van der Waals surface area contributed by atoms with Crippen molar-refractivity contribution in [3.8, 4) is 0 Å². The molecule has 2 N–H and O–H groups in total. The predicted octanol–water partition coefficient (Wildman–Crippen LogP) is 1.67. The summed E-state index contributed by atoms with van der Waals surface area (Å²) in [5.41, 5.74) is 0. The molecule has 6 nitrogen and oxygen atoms in total. The van der Waals surface area contributed by atoms with Gasteiger partial charge in [0.2, 0.25) is 5.91 Å². The number of hydrogen-bond donors (Lipinski definition) is 2. The number of nitrogens with zero attached hydrogens (tertiary/aromatic N) is 2. The van der Waals surface area contributed by atoms with Crippen LogP contribution in [0.15, 0.2) is 17.5 Å². The minimum Gasteiger partial charge on any atom is -0.355 e. The molecule has 0 radical (unpaired) electrons. The van der Waals surface area contributed by atoms with Crippen LogP contribution in [0.25, 0.3) is 0 Å². The Hall–Kier alpha value is -1.60. The van der Waals surface area contributed by atoms with Gasteiger partial charge in [0.1, 0.15) is 0 Å². The van der Waals surface area contributed by atoms with Crippen molar-refractivity contribution in [2.75, 3.05) is 45.6 Å². The topological polar surface area (TPSA) is 64.7 Å². The van der Waals surface area contributed by atoms with Crippen molar-refractivity contribution in [3.05, 3.63) is 17.5 Å². The number of piperidine rings is 1. The molecule has 2 heterocycles. The number of nitrogens with one attached hydrogen (secondary N) is 2. The quantitative estimate of drug-likeness (QED) is 0.866. The van der Waals surface area contributed by atoms with Crippen LogP contribution in [-0.2, 0) is 4.79 Å². The Labute approximate surface area is 135 Å². The third-order valence-corrected chi connectivity index (χ3v) is 4.47. The first kappa shape index (κ1) is 16.8. The molecule has 1 atom stereocenters. The third kappa shape index (κ3) is 4.99. The number of rotatable bonds is 5. The van der Waals surface area contributed by atoms with Gasteiger partial charge in [0.25, 0.3) is 0 Å². The largest absolute Gasteiger partial charge is 0.355 e. The van der Waals surface area contributed by atoms with Crippen LogP contribution in [-0.4, -0.2) is 62.0 Å². The minimum atomic E-state index is -0.117. The molecule has 1 aliphatic heterocycles. The molecule has 1 unspecified atom stereocenters. The number of anilines is 1. The second-order valence-electron chi connectivity index (χ2n) is 5.79. The van der Waals surface area contributed by atoms with Crippen LogP contribution in [0, 0.1) is 5.92 Å². The van der Waals surface area contributed by atoms with Crippen LogP contribution in [0.1, 0.15) is 12.8 Å². The Kier molecular flexibility index (Phi) is 6.21. The van der Waals surface area contributed by atoms with Gasteiger partial charge in [0.05, 0.1) is 10.9 Å². The molecule has 0 bridgehead atoms. The van der Waals surface area contributed by atoms with E-state index in [2.05, 4.69) is 10.6 Å². The summed E-state index contributed by atoms with van der Waals surface area (Å²) >= 11 is 1.49. The van der Waals surface area contributed by atoms with Crippen LogP contribution < -0.4 is 10.6 Å². The smallest absolute Gasteiger partial charge is 0.322 e. The van der Waals surface area contributed by atoms with Gasteiger partial charge < -0.3 is 15.1 Å². The summed E-state index contributed by atoms with van der Waals surface area (Å²) in [5.74, 6) is -0.0551. The first-order chi connectivity index (χ1) is 10.6. The molecule has 2 rings (SSSR count). The van der Waals surface area contributed by atoms with Crippen LogP contribution in [0.5, 0.6) is 0 Å². The highest BCUT2D eigenvalue weighted by atomic mass is 32.1. The van der Waals surface area contributed by atoms with Gasteiger partial charge in [0, 0.05) is 26.2 Å². The Morgan fingerprint density at radius 1 is 1.45 bits per heavy atom. The highest BCUT2D eigenvalue weighted by molar-refractivity contribution is 7.14. The van der Waals surface area contributed by atoms with Gasteiger partial charge in [0.15, 0.2) is 0 Å². The van der Waals surface area contributed by atoms with Crippen LogP contribution in [0.2, 0.25) is 0 Å². The molecule has 1 fully saturated rings. The average molecular weight is 324 g/mol. The van der Waals surface area contributed by atoms with Crippen molar-refractivity contribution in [2.45, 2.75) is 12.8 Å². The lowest BCUT2D eigenvalue weighted by Crippen LogP contribution is -2.47. The number of carbonyl (C=O) groups excluding carboxylic acids is 2.